The van der Waals surface area contributed by atoms with Gasteiger partial charge >= 0.3 is 5.97 Å². The highest BCUT2D eigenvalue weighted by Crippen LogP contribution is 2.16. The van der Waals surface area contributed by atoms with Gasteiger partial charge in [0.1, 0.15) is 5.84 Å². The van der Waals surface area contributed by atoms with Crippen molar-refractivity contribution in [3.63, 3.8) is 0 Å². The van der Waals surface area contributed by atoms with Crippen LogP contribution in [0.1, 0.15) is 39.5 Å². The van der Waals surface area contributed by atoms with E-state index >= 15 is 0 Å². The molecule has 0 saturated carbocycles. The molecular weight excluding hydrogens is 208 g/mol. The molecule has 0 heterocycles. The molecule has 94 valence electrons. The minimum Gasteiger partial charge on any atom is -0.481 e. The number of hydrogen-bond donors (Lipinski definition) is 4. The Bertz CT molecular complexity index is 241. The lowest BCUT2D eigenvalue weighted by Gasteiger charge is -2.13. The molecule has 0 aliphatic carbocycles. The van der Waals surface area contributed by atoms with Crippen molar-refractivity contribution in [2.75, 3.05) is 0 Å². The number of carboxylic acid groups (broad SMARTS) is 1. The van der Waals surface area contributed by atoms with E-state index in [0.29, 0.717) is 18.2 Å². The molecule has 0 unspecified atom stereocenters. The van der Waals surface area contributed by atoms with Crippen LogP contribution in [0.4, 0.5) is 0 Å². The third-order valence-corrected chi connectivity index (χ3v) is 2.45. The van der Waals surface area contributed by atoms with Crippen LogP contribution in [-0.2, 0) is 4.79 Å². The number of nitrogens with two attached hydrogens (primary N) is 2. The van der Waals surface area contributed by atoms with Crippen molar-refractivity contribution in [3.05, 3.63) is 0 Å². The van der Waals surface area contributed by atoms with E-state index in [1.54, 1.807) is 0 Å². The van der Waals surface area contributed by atoms with E-state index in [-0.39, 0.29) is 6.42 Å². The summed E-state index contributed by atoms with van der Waals surface area (Å²) in [5.41, 5.74) is 2.30. The molecule has 0 saturated heterocycles. The molecule has 0 radical (unpaired) electrons. The van der Waals surface area contributed by atoms with E-state index in [1.165, 1.54) is 0 Å². The fourth-order valence-corrected chi connectivity index (χ4v) is 1.47. The maximum absolute atomic E-state index is 11.0. The van der Waals surface area contributed by atoms with Gasteiger partial charge in [0, 0.05) is 6.42 Å². The van der Waals surface area contributed by atoms with Crippen LogP contribution in [-0.4, -0.2) is 16.9 Å². The molecule has 6 heteroatoms. The number of carboxylic acids is 1. The van der Waals surface area contributed by atoms with Crippen molar-refractivity contribution < 1.29 is 9.90 Å². The number of nitrogens with one attached hydrogen (secondary N) is 1. The summed E-state index contributed by atoms with van der Waals surface area (Å²) in [6.45, 7) is 4.23. The first-order valence-corrected chi connectivity index (χ1v) is 5.47. The Morgan fingerprint density at radius 1 is 1.44 bits per heavy atom. The second-order valence-corrected chi connectivity index (χ2v) is 4.28. The van der Waals surface area contributed by atoms with E-state index in [2.05, 4.69) is 24.4 Å². The van der Waals surface area contributed by atoms with Gasteiger partial charge < -0.3 is 16.4 Å². The summed E-state index contributed by atoms with van der Waals surface area (Å²) in [7, 11) is 0. The Labute approximate surface area is 96.0 Å². The third kappa shape index (κ3) is 6.23. The molecule has 6 N–H and O–H groups in total. The number of rotatable bonds is 7. The van der Waals surface area contributed by atoms with Crippen LogP contribution in [0, 0.1) is 11.8 Å². The highest BCUT2D eigenvalue weighted by atomic mass is 16.4. The van der Waals surface area contributed by atoms with E-state index in [4.69, 9.17) is 16.8 Å². The van der Waals surface area contributed by atoms with Gasteiger partial charge in [-0.15, -0.1) is 0 Å². The smallest absolute Gasteiger partial charge is 0.306 e. The summed E-state index contributed by atoms with van der Waals surface area (Å²) in [4.78, 5) is 11.0. The largest absolute Gasteiger partial charge is 0.481 e. The van der Waals surface area contributed by atoms with Crippen LogP contribution < -0.4 is 17.1 Å². The number of aliphatic carboxylic acids is 1. The van der Waals surface area contributed by atoms with Crippen molar-refractivity contribution in [2.45, 2.75) is 39.5 Å². The normalized spacial score (nSPS) is 13.9. The molecule has 1 atom stereocenters. The van der Waals surface area contributed by atoms with Crippen LogP contribution >= 0.6 is 0 Å². The van der Waals surface area contributed by atoms with Crippen LogP contribution in [0.25, 0.3) is 0 Å². The Hall–Kier alpha value is -1.30. The molecule has 0 aromatic heterocycles. The minimum atomic E-state index is -0.833. The molecule has 0 aliphatic heterocycles. The summed E-state index contributed by atoms with van der Waals surface area (Å²) in [6.07, 6.45) is 2.78. The van der Waals surface area contributed by atoms with Gasteiger partial charge in [-0.3, -0.25) is 4.79 Å². The topological polar surface area (TPSA) is 114 Å². The SMILES string of the molecule is CC(C)CCC[C@H](C/C(=N/N)NN)C(=O)O. The Morgan fingerprint density at radius 3 is 2.44 bits per heavy atom. The highest BCUT2D eigenvalue weighted by molar-refractivity contribution is 5.85. The number of carbonyl (C=O) groups is 1. The Kier molecular flexibility index (Phi) is 7.28. The van der Waals surface area contributed by atoms with Gasteiger partial charge in [0.25, 0.3) is 0 Å². The first kappa shape index (κ1) is 14.7. The van der Waals surface area contributed by atoms with Crippen molar-refractivity contribution >= 4 is 11.8 Å². The summed E-state index contributed by atoms with van der Waals surface area (Å²) in [5.74, 6) is 9.81. The maximum atomic E-state index is 11.0. The first-order chi connectivity index (χ1) is 7.51. The van der Waals surface area contributed by atoms with Crippen LogP contribution in [0.3, 0.4) is 0 Å². The maximum Gasteiger partial charge on any atom is 0.306 e. The number of hydrogen-bond acceptors (Lipinski definition) is 4. The molecular formula is C10H22N4O2. The van der Waals surface area contributed by atoms with E-state index in [9.17, 15) is 4.79 Å². The Balaban J connectivity index is 4.13. The summed E-state index contributed by atoms with van der Waals surface area (Å²) in [6, 6.07) is 0. The number of hydrazine groups is 1. The van der Waals surface area contributed by atoms with E-state index in [1.807, 2.05) is 0 Å². The summed E-state index contributed by atoms with van der Waals surface area (Å²) in [5, 5.41) is 12.4. The zero-order valence-corrected chi connectivity index (χ0v) is 9.94. The van der Waals surface area contributed by atoms with Crippen LogP contribution in [0.5, 0.6) is 0 Å². The number of hydrazone groups is 1. The minimum absolute atomic E-state index is 0.250. The average Bonchev–Trinajstić information content (AvgIpc) is 2.22. The quantitative estimate of drug-likeness (QED) is 0.222. The standard InChI is InChI=1S/C10H22N4O2/c1-7(2)4-3-5-8(10(15)16)6-9(13-11)14-12/h7-8H,3-6,11-12H2,1-2H3,(H,13,14)(H,15,16)/t8-/m1/s1. The van der Waals surface area contributed by atoms with E-state index < -0.39 is 11.9 Å². The van der Waals surface area contributed by atoms with Gasteiger partial charge in [-0.05, 0) is 12.3 Å². The third-order valence-electron chi connectivity index (χ3n) is 2.45. The molecule has 0 aromatic carbocycles. The van der Waals surface area contributed by atoms with Crippen LogP contribution in [0.2, 0.25) is 0 Å². The monoisotopic (exact) mass is 230 g/mol. The van der Waals surface area contributed by atoms with Gasteiger partial charge in [0.15, 0.2) is 0 Å². The summed E-state index contributed by atoms with van der Waals surface area (Å²) >= 11 is 0. The number of amidine groups is 1. The molecule has 0 amide bonds. The zero-order valence-electron chi connectivity index (χ0n) is 9.94. The molecule has 0 spiro atoms. The van der Waals surface area contributed by atoms with Crippen molar-refractivity contribution in [1.82, 2.24) is 5.43 Å². The molecule has 0 rings (SSSR count). The second kappa shape index (κ2) is 7.92. The average molecular weight is 230 g/mol. The lowest BCUT2D eigenvalue weighted by molar-refractivity contribution is -0.141. The first-order valence-electron chi connectivity index (χ1n) is 5.47. The predicted molar refractivity (Wildman–Crippen MR) is 63.4 cm³/mol. The Morgan fingerprint density at radius 2 is 2.06 bits per heavy atom. The number of nitrogens with zero attached hydrogens (tertiary/aromatic N) is 1. The molecule has 6 nitrogen and oxygen atoms in total. The fourth-order valence-electron chi connectivity index (χ4n) is 1.47. The summed E-state index contributed by atoms with van der Waals surface area (Å²) < 4.78 is 0. The van der Waals surface area contributed by atoms with Gasteiger partial charge in [-0.2, -0.15) is 5.10 Å². The van der Waals surface area contributed by atoms with Gasteiger partial charge in [0.2, 0.25) is 0 Å². The molecule has 0 bridgehead atoms. The van der Waals surface area contributed by atoms with Crippen LogP contribution in [0.15, 0.2) is 5.10 Å². The van der Waals surface area contributed by atoms with Crippen molar-refractivity contribution in [2.24, 2.45) is 28.6 Å². The van der Waals surface area contributed by atoms with Gasteiger partial charge in [-0.25, -0.2) is 5.84 Å². The molecule has 0 aromatic rings. The molecule has 0 aliphatic rings. The van der Waals surface area contributed by atoms with Gasteiger partial charge in [-0.1, -0.05) is 26.7 Å². The molecule has 16 heavy (non-hydrogen) atoms. The zero-order chi connectivity index (χ0) is 12.6. The van der Waals surface area contributed by atoms with Crippen molar-refractivity contribution in [1.29, 1.82) is 0 Å². The van der Waals surface area contributed by atoms with Crippen molar-refractivity contribution in [3.8, 4) is 0 Å². The predicted octanol–water partition coefficient (Wildman–Crippen LogP) is 0.639. The second-order valence-electron chi connectivity index (χ2n) is 4.28. The lowest BCUT2D eigenvalue weighted by atomic mass is 9.95. The van der Waals surface area contributed by atoms with Gasteiger partial charge in [0.05, 0.1) is 5.92 Å². The lowest BCUT2D eigenvalue weighted by Crippen LogP contribution is -2.34. The highest BCUT2D eigenvalue weighted by Gasteiger charge is 2.19. The fraction of sp³-hybridized carbons (Fsp3) is 0.800. The molecule has 0 fully saturated rings. The van der Waals surface area contributed by atoms with E-state index in [0.717, 1.165) is 12.8 Å².